The van der Waals surface area contributed by atoms with E-state index in [0.717, 1.165) is 41.7 Å². The van der Waals surface area contributed by atoms with Crippen LogP contribution in [0.2, 0.25) is 0 Å². The first-order valence-electron chi connectivity index (χ1n) is 7.07. The van der Waals surface area contributed by atoms with Crippen LogP contribution in [-0.2, 0) is 19.3 Å². The largest absolute Gasteiger partial charge is 0.383 e. The van der Waals surface area contributed by atoms with Crippen molar-refractivity contribution in [3.8, 4) is 0 Å². The molecule has 0 bridgehead atoms. The number of nitrogens with two attached hydrogens (primary N) is 1. The SMILES string of the molecule is CCCc1nc(C2Cc3ccccc3C2)nc(N)c1Br. The average Bonchev–Trinajstić information content (AvgIpc) is 2.87. The maximum absolute atomic E-state index is 6.03. The highest BCUT2D eigenvalue weighted by Crippen LogP contribution is 2.34. The molecule has 2 aromatic rings. The molecule has 2 N–H and O–H groups in total. The zero-order chi connectivity index (χ0) is 14.1. The summed E-state index contributed by atoms with van der Waals surface area (Å²) in [7, 11) is 0. The van der Waals surface area contributed by atoms with Crippen molar-refractivity contribution in [2.45, 2.75) is 38.5 Å². The van der Waals surface area contributed by atoms with Crippen molar-refractivity contribution in [2.75, 3.05) is 5.73 Å². The van der Waals surface area contributed by atoms with Gasteiger partial charge < -0.3 is 5.73 Å². The summed E-state index contributed by atoms with van der Waals surface area (Å²) in [6, 6.07) is 8.59. The molecular weight excluding hydrogens is 314 g/mol. The summed E-state index contributed by atoms with van der Waals surface area (Å²) in [6.07, 6.45) is 4.02. The number of fused-ring (bicyclic) bond motifs is 1. The van der Waals surface area contributed by atoms with E-state index in [-0.39, 0.29) is 0 Å². The zero-order valence-corrected chi connectivity index (χ0v) is 13.2. The molecule has 20 heavy (non-hydrogen) atoms. The van der Waals surface area contributed by atoms with Gasteiger partial charge in [0.05, 0.1) is 10.2 Å². The third kappa shape index (κ3) is 2.44. The normalized spacial score (nSPS) is 14.5. The number of benzene rings is 1. The summed E-state index contributed by atoms with van der Waals surface area (Å²) in [5, 5.41) is 0. The maximum Gasteiger partial charge on any atom is 0.141 e. The summed E-state index contributed by atoms with van der Waals surface area (Å²) in [5.74, 6) is 1.82. The van der Waals surface area contributed by atoms with Crippen molar-refractivity contribution in [3.63, 3.8) is 0 Å². The summed E-state index contributed by atoms with van der Waals surface area (Å²) >= 11 is 3.50. The lowest BCUT2D eigenvalue weighted by molar-refractivity contribution is 0.671. The number of nitrogen functional groups attached to an aromatic ring is 1. The highest BCUT2D eigenvalue weighted by molar-refractivity contribution is 9.10. The van der Waals surface area contributed by atoms with E-state index in [2.05, 4.69) is 52.1 Å². The zero-order valence-electron chi connectivity index (χ0n) is 11.6. The molecule has 0 radical (unpaired) electrons. The van der Waals surface area contributed by atoms with E-state index in [1.165, 1.54) is 11.1 Å². The van der Waals surface area contributed by atoms with Gasteiger partial charge in [-0.3, -0.25) is 0 Å². The van der Waals surface area contributed by atoms with E-state index in [1.54, 1.807) is 0 Å². The predicted octanol–water partition coefficient (Wildman–Crippen LogP) is 3.66. The van der Waals surface area contributed by atoms with Crippen molar-refractivity contribution in [1.29, 1.82) is 0 Å². The minimum Gasteiger partial charge on any atom is -0.383 e. The molecule has 0 amide bonds. The Hall–Kier alpha value is -1.42. The van der Waals surface area contributed by atoms with Crippen LogP contribution in [0.3, 0.4) is 0 Å². The smallest absolute Gasteiger partial charge is 0.141 e. The molecule has 3 nitrogen and oxygen atoms in total. The van der Waals surface area contributed by atoms with Crippen LogP contribution in [0.25, 0.3) is 0 Å². The van der Waals surface area contributed by atoms with Crippen molar-refractivity contribution < 1.29 is 0 Å². The molecule has 1 aliphatic carbocycles. The third-order valence-corrected chi connectivity index (χ3v) is 4.73. The van der Waals surface area contributed by atoms with Gasteiger partial charge in [-0.05, 0) is 46.3 Å². The number of halogens is 1. The summed E-state index contributed by atoms with van der Waals surface area (Å²) in [6.45, 7) is 2.15. The van der Waals surface area contributed by atoms with E-state index in [9.17, 15) is 0 Å². The molecule has 0 fully saturated rings. The van der Waals surface area contributed by atoms with E-state index in [1.807, 2.05) is 0 Å². The minimum atomic E-state index is 0.360. The van der Waals surface area contributed by atoms with Crippen LogP contribution in [0.15, 0.2) is 28.7 Å². The molecule has 1 aromatic heterocycles. The van der Waals surface area contributed by atoms with Crippen molar-refractivity contribution in [1.82, 2.24) is 9.97 Å². The fourth-order valence-corrected chi connectivity index (χ4v) is 3.23. The Bertz CT molecular complexity index is 615. The van der Waals surface area contributed by atoms with Gasteiger partial charge in [-0.15, -0.1) is 0 Å². The quantitative estimate of drug-likeness (QED) is 0.933. The van der Waals surface area contributed by atoms with Crippen LogP contribution in [0.4, 0.5) is 5.82 Å². The summed E-state index contributed by atoms with van der Waals surface area (Å²) in [5.41, 5.74) is 9.89. The second-order valence-corrected chi connectivity index (χ2v) is 6.14. The molecule has 104 valence electrons. The highest BCUT2D eigenvalue weighted by atomic mass is 79.9. The molecule has 1 aromatic carbocycles. The first-order valence-corrected chi connectivity index (χ1v) is 7.87. The van der Waals surface area contributed by atoms with Crippen LogP contribution in [-0.4, -0.2) is 9.97 Å². The lowest BCUT2D eigenvalue weighted by Gasteiger charge is -2.12. The molecule has 3 rings (SSSR count). The molecule has 1 aliphatic rings. The summed E-state index contributed by atoms with van der Waals surface area (Å²) < 4.78 is 0.860. The van der Waals surface area contributed by atoms with E-state index in [0.29, 0.717) is 11.7 Å². The Labute approximate surface area is 127 Å². The monoisotopic (exact) mass is 331 g/mol. The van der Waals surface area contributed by atoms with Gasteiger partial charge in [0.15, 0.2) is 0 Å². The first kappa shape index (κ1) is 13.6. The number of hydrogen-bond acceptors (Lipinski definition) is 3. The Morgan fingerprint density at radius 3 is 2.45 bits per heavy atom. The molecule has 1 heterocycles. The molecule has 0 saturated heterocycles. The Kier molecular flexibility index (Phi) is 3.74. The number of rotatable bonds is 3. The van der Waals surface area contributed by atoms with Gasteiger partial charge in [0.1, 0.15) is 11.6 Å². The van der Waals surface area contributed by atoms with Gasteiger partial charge in [0.2, 0.25) is 0 Å². The number of nitrogens with zero attached hydrogens (tertiary/aromatic N) is 2. The number of aryl methyl sites for hydroxylation is 1. The molecule has 0 saturated carbocycles. The van der Waals surface area contributed by atoms with Gasteiger partial charge in [0, 0.05) is 5.92 Å². The fraction of sp³-hybridized carbons (Fsp3) is 0.375. The van der Waals surface area contributed by atoms with Gasteiger partial charge >= 0.3 is 0 Å². The molecule has 0 spiro atoms. The number of hydrogen-bond donors (Lipinski definition) is 1. The van der Waals surface area contributed by atoms with Gasteiger partial charge in [-0.2, -0.15) is 0 Å². The molecule has 0 unspecified atom stereocenters. The number of anilines is 1. The van der Waals surface area contributed by atoms with Crippen LogP contribution >= 0.6 is 15.9 Å². The van der Waals surface area contributed by atoms with E-state index >= 15 is 0 Å². The minimum absolute atomic E-state index is 0.360. The second kappa shape index (κ2) is 5.52. The van der Waals surface area contributed by atoms with Crippen LogP contribution in [0.5, 0.6) is 0 Å². The van der Waals surface area contributed by atoms with Crippen molar-refractivity contribution >= 4 is 21.7 Å². The lowest BCUT2D eigenvalue weighted by Crippen LogP contribution is -2.10. The van der Waals surface area contributed by atoms with Crippen molar-refractivity contribution in [2.24, 2.45) is 0 Å². The standard InChI is InChI=1S/C16H18BrN3/c1-2-5-13-14(17)15(18)20-16(19-13)12-8-10-6-3-4-7-11(10)9-12/h3-4,6-7,12H,2,5,8-9H2,1H3,(H2,18,19,20). The van der Waals surface area contributed by atoms with Crippen molar-refractivity contribution in [3.05, 3.63) is 51.4 Å². The molecular formula is C16H18BrN3. The van der Waals surface area contributed by atoms with E-state index in [4.69, 9.17) is 10.7 Å². The Morgan fingerprint density at radius 1 is 1.20 bits per heavy atom. The molecule has 0 aliphatic heterocycles. The highest BCUT2D eigenvalue weighted by Gasteiger charge is 2.25. The topological polar surface area (TPSA) is 51.8 Å². The molecule has 4 heteroatoms. The third-order valence-electron chi connectivity index (χ3n) is 3.87. The fourth-order valence-electron chi connectivity index (χ4n) is 2.86. The number of aromatic nitrogens is 2. The molecule has 0 atom stereocenters. The Morgan fingerprint density at radius 2 is 1.85 bits per heavy atom. The second-order valence-electron chi connectivity index (χ2n) is 5.35. The summed E-state index contributed by atoms with van der Waals surface area (Å²) in [4.78, 5) is 9.25. The van der Waals surface area contributed by atoms with Gasteiger partial charge in [-0.1, -0.05) is 37.6 Å². The van der Waals surface area contributed by atoms with Crippen LogP contribution < -0.4 is 5.73 Å². The Balaban J connectivity index is 1.93. The maximum atomic E-state index is 6.03. The first-order chi connectivity index (χ1) is 9.69. The van der Waals surface area contributed by atoms with Gasteiger partial charge in [-0.25, -0.2) is 9.97 Å². The van der Waals surface area contributed by atoms with E-state index < -0.39 is 0 Å². The van der Waals surface area contributed by atoms with Crippen LogP contribution in [0.1, 0.15) is 41.9 Å². The predicted molar refractivity (Wildman–Crippen MR) is 84.7 cm³/mol. The lowest BCUT2D eigenvalue weighted by atomic mass is 10.1. The van der Waals surface area contributed by atoms with Crippen LogP contribution in [0, 0.1) is 0 Å². The average molecular weight is 332 g/mol. The van der Waals surface area contributed by atoms with Gasteiger partial charge in [0.25, 0.3) is 0 Å².